The Kier molecular flexibility index (Phi) is 4.33. The van der Waals surface area contributed by atoms with E-state index in [0.717, 1.165) is 24.4 Å². The maximum atomic E-state index is 6.22. The number of hydrogen-bond acceptors (Lipinski definition) is 3. The molecule has 2 atom stereocenters. The molecule has 0 aliphatic heterocycles. The fourth-order valence-corrected chi connectivity index (χ4v) is 3.14. The van der Waals surface area contributed by atoms with Crippen molar-refractivity contribution in [2.24, 2.45) is 5.92 Å². The Morgan fingerprint density at radius 2 is 2.44 bits per heavy atom. The molecule has 1 aliphatic carbocycles. The minimum atomic E-state index is -0.0408. The Bertz CT molecular complexity index is 399. The van der Waals surface area contributed by atoms with Crippen molar-refractivity contribution in [2.45, 2.75) is 38.1 Å². The molecule has 1 saturated carbocycles. The highest BCUT2D eigenvalue weighted by atomic mass is 35.5. The SMILES string of the molecule is COc1cccnc1NC1(CCl)CCCC(C)C1. The van der Waals surface area contributed by atoms with Crippen LogP contribution in [0.2, 0.25) is 0 Å². The van der Waals surface area contributed by atoms with Gasteiger partial charge in [0, 0.05) is 12.1 Å². The third kappa shape index (κ3) is 2.89. The van der Waals surface area contributed by atoms with E-state index in [9.17, 15) is 0 Å². The largest absolute Gasteiger partial charge is 0.493 e. The zero-order valence-corrected chi connectivity index (χ0v) is 11.8. The minimum absolute atomic E-state index is 0.0408. The van der Waals surface area contributed by atoms with Gasteiger partial charge < -0.3 is 10.1 Å². The number of halogens is 1. The zero-order valence-electron chi connectivity index (χ0n) is 11.1. The molecule has 0 bridgehead atoms. The van der Waals surface area contributed by atoms with Crippen LogP contribution in [0.4, 0.5) is 5.82 Å². The number of pyridine rings is 1. The lowest BCUT2D eigenvalue weighted by molar-refractivity contribution is 0.278. The Hall–Kier alpha value is -0.960. The van der Waals surface area contributed by atoms with Crippen LogP contribution < -0.4 is 10.1 Å². The molecule has 1 N–H and O–H groups in total. The van der Waals surface area contributed by atoms with Crippen molar-refractivity contribution >= 4 is 17.4 Å². The number of ether oxygens (including phenoxy) is 1. The van der Waals surface area contributed by atoms with E-state index in [-0.39, 0.29) is 5.54 Å². The summed E-state index contributed by atoms with van der Waals surface area (Å²) in [6.07, 6.45) is 6.48. The molecule has 100 valence electrons. The van der Waals surface area contributed by atoms with Crippen LogP contribution in [0.3, 0.4) is 0 Å². The van der Waals surface area contributed by atoms with Gasteiger partial charge in [-0.25, -0.2) is 4.98 Å². The van der Waals surface area contributed by atoms with Gasteiger partial charge in [-0.05, 0) is 30.9 Å². The molecule has 3 nitrogen and oxygen atoms in total. The van der Waals surface area contributed by atoms with Crippen LogP contribution >= 0.6 is 11.6 Å². The lowest BCUT2D eigenvalue weighted by atomic mass is 9.77. The third-order valence-corrected chi connectivity index (χ3v) is 4.23. The van der Waals surface area contributed by atoms with Crippen molar-refractivity contribution < 1.29 is 4.74 Å². The summed E-state index contributed by atoms with van der Waals surface area (Å²) in [5.41, 5.74) is -0.0408. The lowest BCUT2D eigenvalue weighted by Gasteiger charge is -2.40. The number of anilines is 1. The first-order chi connectivity index (χ1) is 8.69. The predicted molar refractivity (Wildman–Crippen MR) is 75.5 cm³/mol. The van der Waals surface area contributed by atoms with Crippen LogP contribution in [-0.4, -0.2) is 23.5 Å². The van der Waals surface area contributed by atoms with Gasteiger partial charge in [0.05, 0.1) is 12.6 Å². The Labute approximate surface area is 114 Å². The van der Waals surface area contributed by atoms with Gasteiger partial charge in [0.1, 0.15) is 0 Å². The average Bonchev–Trinajstić information content (AvgIpc) is 2.39. The first kappa shape index (κ1) is 13.5. The summed E-state index contributed by atoms with van der Waals surface area (Å²) < 4.78 is 5.34. The number of aromatic nitrogens is 1. The van der Waals surface area contributed by atoms with E-state index < -0.39 is 0 Å². The monoisotopic (exact) mass is 268 g/mol. The van der Waals surface area contributed by atoms with Crippen molar-refractivity contribution in [3.05, 3.63) is 18.3 Å². The third-order valence-electron chi connectivity index (χ3n) is 3.72. The predicted octanol–water partition coefficient (Wildman–Crippen LogP) is 3.69. The molecule has 0 spiro atoms. The second-order valence-corrected chi connectivity index (χ2v) is 5.56. The number of nitrogens with one attached hydrogen (secondary N) is 1. The molecule has 1 aliphatic rings. The molecule has 0 aromatic carbocycles. The van der Waals surface area contributed by atoms with Crippen molar-refractivity contribution in [1.82, 2.24) is 4.98 Å². The Morgan fingerprint density at radius 1 is 1.61 bits per heavy atom. The van der Waals surface area contributed by atoms with E-state index >= 15 is 0 Å². The molecule has 0 radical (unpaired) electrons. The smallest absolute Gasteiger partial charge is 0.169 e. The number of hydrogen-bond donors (Lipinski definition) is 1. The molecule has 2 rings (SSSR count). The van der Waals surface area contributed by atoms with E-state index in [1.807, 2.05) is 12.1 Å². The van der Waals surface area contributed by atoms with E-state index in [2.05, 4.69) is 17.2 Å². The molecule has 1 heterocycles. The van der Waals surface area contributed by atoms with Gasteiger partial charge in [0.25, 0.3) is 0 Å². The van der Waals surface area contributed by atoms with E-state index in [1.165, 1.54) is 12.8 Å². The molecule has 2 unspecified atom stereocenters. The average molecular weight is 269 g/mol. The van der Waals surface area contributed by atoms with Gasteiger partial charge in [-0.1, -0.05) is 19.8 Å². The minimum Gasteiger partial charge on any atom is -0.493 e. The van der Waals surface area contributed by atoms with Gasteiger partial charge in [-0.2, -0.15) is 0 Å². The number of alkyl halides is 1. The number of rotatable bonds is 4. The quantitative estimate of drug-likeness (QED) is 0.846. The first-order valence-corrected chi connectivity index (χ1v) is 7.06. The maximum Gasteiger partial charge on any atom is 0.169 e. The molecule has 4 heteroatoms. The van der Waals surface area contributed by atoms with Gasteiger partial charge in [0.2, 0.25) is 0 Å². The van der Waals surface area contributed by atoms with Crippen molar-refractivity contribution in [2.75, 3.05) is 18.3 Å². The summed E-state index contributed by atoms with van der Waals surface area (Å²) in [4.78, 5) is 4.37. The lowest BCUT2D eigenvalue weighted by Crippen LogP contribution is -2.44. The fourth-order valence-electron chi connectivity index (χ4n) is 2.83. The topological polar surface area (TPSA) is 34.1 Å². The summed E-state index contributed by atoms with van der Waals surface area (Å²) in [6, 6.07) is 3.80. The summed E-state index contributed by atoms with van der Waals surface area (Å²) in [7, 11) is 1.67. The second kappa shape index (κ2) is 5.79. The standard InChI is InChI=1S/C14H21ClN2O/c1-11-5-3-7-14(9-11,10-15)17-13-12(18-2)6-4-8-16-13/h4,6,8,11H,3,5,7,9-10H2,1-2H3,(H,16,17). The van der Waals surface area contributed by atoms with Crippen LogP contribution in [0.25, 0.3) is 0 Å². The highest BCUT2D eigenvalue weighted by Crippen LogP contribution is 2.37. The van der Waals surface area contributed by atoms with Crippen molar-refractivity contribution in [1.29, 1.82) is 0 Å². The van der Waals surface area contributed by atoms with E-state index in [4.69, 9.17) is 16.3 Å². The van der Waals surface area contributed by atoms with Crippen LogP contribution in [0.1, 0.15) is 32.6 Å². The molecule has 18 heavy (non-hydrogen) atoms. The van der Waals surface area contributed by atoms with Gasteiger partial charge in [-0.15, -0.1) is 11.6 Å². The van der Waals surface area contributed by atoms with Gasteiger partial charge >= 0.3 is 0 Å². The number of nitrogens with zero attached hydrogens (tertiary/aromatic N) is 1. The van der Waals surface area contributed by atoms with Crippen molar-refractivity contribution in [3.8, 4) is 5.75 Å². The van der Waals surface area contributed by atoms with E-state index in [1.54, 1.807) is 13.3 Å². The first-order valence-electron chi connectivity index (χ1n) is 6.52. The molecule has 0 amide bonds. The molecular formula is C14H21ClN2O. The summed E-state index contributed by atoms with van der Waals surface area (Å²) in [5.74, 6) is 2.89. The zero-order chi connectivity index (χ0) is 13.0. The van der Waals surface area contributed by atoms with Crippen LogP contribution in [0, 0.1) is 5.92 Å². The summed E-state index contributed by atoms with van der Waals surface area (Å²) in [6.45, 7) is 2.29. The Balaban J connectivity index is 2.19. The molecule has 1 aromatic heterocycles. The molecule has 1 fully saturated rings. The fraction of sp³-hybridized carbons (Fsp3) is 0.643. The molecule has 0 saturated heterocycles. The summed E-state index contributed by atoms with van der Waals surface area (Å²) in [5, 5.41) is 3.53. The van der Waals surface area contributed by atoms with Crippen LogP contribution in [0.15, 0.2) is 18.3 Å². The van der Waals surface area contributed by atoms with Gasteiger partial charge in [0.15, 0.2) is 11.6 Å². The highest BCUT2D eigenvalue weighted by Gasteiger charge is 2.35. The maximum absolute atomic E-state index is 6.22. The molecular weight excluding hydrogens is 248 g/mol. The van der Waals surface area contributed by atoms with Crippen LogP contribution in [-0.2, 0) is 0 Å². The summed E-state index contributed by atoms with van der Waals surface area (Å²) >= 11 is 6.22. The Morgan fingerprint density at radius 3 is 3.11 bits per heavy atom. The normalized spacial score (nSPS) is 27.8. The second-order valence-electron chi connectivity index (χ2n) is 5.29. The molecule has 1 aromatic rings. The van der Waals surface area contributed by atoms with Gasteiger partial charge in [-0.3, -0.25) is 0 Å². The van der Waals surface area contributed by atoms with E-state index in [0.29, 0.717) is 11.8 Å². The number of methoxy groups -OCH3 is 1. The van der Waals surface area contributed by atoms with Crippen LogP contribution in [0.5, 0.6) is 5.75 Å². The highest BCUT2D eigenvalue weighted by molar-refractivity contribution is 6.18. The van der Waals surface area contributed by atoms with Crippen molar-refractivity contribution in [3.63, 3.8) is 0 Å².